The summed E-state index contributed by atoms with van der Waals surface area (Å²) >= 11 is 0. The van der Waals surface area contributed by atoms with Gasteiger partial charge in [-0.15, -0.1) is 0 Å². The quantitative estimate of drug-likeness (QED) is 0.207. The highest BCUT2D eigenvalue weighted by molar-refractivity contribution is 6.16. The van der Waals surface area contributed by atoms with Crippen molar-refractivity contribution < 1.29 is 28.8 Å². The van der Waals surface area contributed by atoms with E-state index in [1.54, 1.807) is 18.2 Å². The number of nitrogens with zero attached hydrogens (tertiary/aromatic N) is 2. The Morgan fingerprint density at radius 2 is 2.07 bits per heavy atom. The second-order valence-corrected chi connectivity index (χ2v) is 6.69. The molecule has 2 atom stereocenters. The summed E-state index contributed by atoms with van der Waals surface area (Å²) in [6.45, 7) is 1.36. The van der Waals surface area contributed by atoms with Gasteiger partial charge in [0.1, 0.15) is 5.75 Å². The summed E-state index contributed by atoms with van der Waals surface area (Å²) < 4.78 is 10.0. The van der Waals surface area contributed by atoms with Crippen molar-refractivity contribution in [1.29, 1.82) is 0 Å². The highest BCUT2D eigenvalue weighted by Crippen LogP contribution is 2.47. The zero-order valence-electron chi connectivity index (χ0n) is 16.2. The monoisotopic (exact) mass is 392 g/mol. The van der Waals surface area contributed by atoms with Gasteiger partial charge in [0, 0.05) is 11.5 Å². The van der Waals surface area contributed by atoms with Crippen LogP contribution in [0.25, 0.3) is 0 Å². The van der Waals surface area contributed by atoms with Gasteiger partial charge in [-0.3, -0.25) is 29.4 Å². The first-order chi connectivity index (χ1) is 13.3. The van der Waals surface area contributed by atoms with Gasteiger partial charge in [-0.1, -0.05) is 25.5 Å². The number of methoxy groups -OCH3 is 2. The van der Waals surface area contributed by atoms with E-state index < -0.39 is 47.0 Å². The van der Waals surface area contributed by atoms with Crippen LogP contribution in [0.1, 0.15) is 37.7 Å². The van der Waals surface area contributed by atoms with Crippen LogP contribution in [-0.4, -0.2) is 54.9 Å². The Hall–Kier alpha value is -2.97. The molecule has 1 fully saturated rings. The highest BCUT2D eigenvalue weighted by atomic mass is 16.6. The molecule has 2 rings (SSSR count). The normalized spacial score (nSPS) is 20.2. The standard InChI is InChI=1S/C19H24N2O7/c1-4-5-9-20-16(22)11-19(17(20)23,18(24)28-3)15(12-21(25)26)13-7-6-8-14(10-13)27-2/h6-8,10,15H,4-5,9,11-12H2,1-3H3/t15-,19-/m0/s1. The number of imide groups is 1. The summed E-state index contributed by atoms with van der Waals surface area (Å²) in [6.07, 6.45) is 0.863. The molecule has 1 saturated heterocycles. The molecule has 1 aromatic carbocycles. The molecule has 0 N–H and O–H groups in total. The molecule has 9 nitrogen and oxygen atoms in total. The van der Waals surface area contributed by atoms with Crippen molar-refractivity contribution in [1.82, 2.24) is 4.90 Å². The predicted molar refractivity (Wildman–Crippen MR) is 98.3 cm³/mol. The number of likely N-dealkylation sites (tertiary alicyclic amines) is 1. The van der Waals surface area contributed by atoms with Crippen LogP contribution in [0.5, 0.6) is 5.75 Å². The number of rotatable bonds is 9. The number of amides is 2. The summed E-state index contributed by atoms with van der Waals surface area (Å²) in [5.41, 5.74) is -1.61. The van der Waals surface area contributed by atoms with Crippen molar-refractivity contribution in [2.45, 2.75) is 32.1 Å². The number of hydrogen-bond donors (Lipinski definition) is 0. The molecule has 0 aromatic heterocycles. The van der Waals surface area contributed by atoms with Crippen LogP contribution in [0.2, 0.25) is 0 Å². The lowest BCUT2D eigenvalue weighted by atomic mass is 9.70. The van der Waals surface area contributed by atoms with Crippen LogP contribution in [0.4, 0.5) is 0 Å². The van der Waals surface area contributed by atoms with Gasteiger partial charge in [0.05, 0.1) is 26.6 Å². The van der Waals surface area contributed by atoms with Crippen molar-refractivity contribution in [2.75, 3.05) is 27.3 Å². The first-order valence-corrected chi connectivity index (χ1v) is 9.00. The van der Waals surface area contributed by atoms with Gasteiger partial charge in [0.2, 0.25) is 18.4 Å². The predicted octanol–water partition coefficient (Wildman–Crippen LogP) is 1.77. The number of nitro groups is 1. The van der Waals surface area contributed by atoms with E-state index >= 15 is 0 Å². The van der Waals surface area contributed by atoms with Gasteiger partial charge >= 0.3 is 5.97 Å². The van der Waals surface area contributed by atoms with Crippen molar-refractivity contribution in [3.05, 3.63) is 39.9 Å². The van der Waals surface area contributed by atoms with Crippen LogP contribution >= 0.6 is 0 Å². The fourth-order valence-electron chi connectivity index (χ4n) is 3.62. The molecular weight excluding hydrogens is 368 g/mol. The zero-order chi connectivity index (χ0) is 20.9. The smallest absolute Gasteiger partial charge is 0.322 e. The molecule has 1 aromatic rings. The molecule has 0 unspecified atom stereocenters. The maximum atomic E-state index is 13.2. The SMILES string of the molecule is CCCCN1C(=O)C[C@](C(=O)OC)([C@@H](C[N+](=O)[O-])c2cccc(OC)c2)C1=O. The molecule has 1 heterocycles. The summed E-state index contributed by atoms with van der Waals surface area (Å²) in [7, 11) is 2.54. The lowest BCUT2D eigenvalue weighted by Crippen LogP contribution is -2.47. The lowest BCUT2D eigenvalue weighted by molar-refractivity contribution is -0.485. The molecule has 2 amide bonds. The summed E-state index contributed by atoms with van der Waals surface area (Å²) in [5.74, 6) is -2.97. The first-order valence-electron chi connectivity index (χ1n) is 9.00. The fraction of sp³-hybridized carbons (Fsp3) is 0.526. The van der Waals surface area contributed by atoms with E-state index in [9.17, 15) is 24.5 Å². The minimum atomic E-state index is -1.97. The summed E-state index contributed by atoms with van der Waals surface area (Å²) in [6, 6.07) is 6.37. The Labute approximate surface area is 162 Å². The third-order valence-electron chi connectivity index (χ3n) is 5.07. The Bertz CT molecular complexity index is 779. The van der Waals surface area contributed by atoms with Crippen LogP contribution in [0, 0.1) is 15.5 Å². The molecule has 9 heteroatoms. The Balaban J connectivity index is 2.62. The van der Waals surface area contributed by atoms with E-state index in [1.807, 2.05) is 6.92 Å². The van der Waals surface area contributed by atoms with Crippen molar-refractivity contribution >= 4 is 17.8 Å². The van der Waals surface area contributed by atoms with Gasteiger partial charge in [-0.05, 0) is 24.1 Å². The maximum Gasteiger partial charge on any atom is 0.322 e. The molecule has 0 bridgehead atoms. The number of unbranched alkanes of at least 4 members (excludes halogenated alkanes) is 1. The molecular formula is C19H24N2O7. The van der Waals surface area contributed by atoms with Crippen molar-refractivity contribution in [3.8, 4) is 5.75 Å². The molecule has 0 spiro atoms. The number of carbonyl (C=O) groups excluding carboxylic acids is 3. The van der Waals surface area contributed by atoms with Crippen molar-refractivity contribution in [2.24, 2.45) is 5.41 Å². The van der Waals surface area contributed by atoms with Gasteiger partial charge in [-0.2, -0.15) is 0 Å². The van der Waals surface area contributed by atoms with Crippen LogP contribution < -0.4 is 4.74 Å². The number of esters is 1. The van der Waals surface area contributed by atoms with E-state index in [2.05, 4.69) is 0 Å². The van der Waals surface area contributed by atoms with E-state index in [0.29, 0.717) is 17.7 Å². The average molecular weight is 392 g/mol. The number of ether oxygens (including phenoxy) is 2. The van der Waals surface area contributed by atoms with E-state index in [4.69, 9.17) is 9.47 Å². The van der Waals surface area contributed by atoms with E-state index in [0.717, 1.165) is 18.4 Å². The van der Waals surface area contributed by atoms with Crippen LogP contribution in [-0.2, 0) is 19.1 Å². The second-order valence-electron chi connectivity index (χ2n) is 6.69. The highest BCUT2D eigenvalue weighted by Gasteiger charge is 2.63. The minimum absolute atomic E-state index is 0.163. The zero-order valence-corrected chi connectivity index (χ0v) is 16.2. The van der Waals surface area contributed by atoms with Gasteiger partial charge < -0.3 is 9.47 Å². The summed E-state index contributed by atoms with van der Waals surface area (Å²) in [5, 5.41) is 11.4. The molecule has 0 aliphatic carbocycles. The second kappa shape index (κ2) is 8.81. The van der Waals surface area contributed by atoms with Crippen LogP contribution in [0.15, 0.2) is 24.3 Å². The molecule has 0 saturated carbocycles. The van der Waals surface area contributed by atoms with Gasteiger partial charge in [0.15, 0.2) is 5.41 Å². The number of carbonyl (C=O) groups is 3. The lowest BCUT2D eigenvalue weighted by Gasteiger charge is -2.30. The largest absolute Gasteiger partial charge is 0.497 e. The van der Waals surface area contributed by atoms with Gasteiger partial charge in [0.25, 0.3) is 0 Å². The summed E-state index contributed by atoms with van der Waals surface area (Å²) in [4.78, 5) is 50.4. The molecule has 0 radical (unpaired) electrons. The van der Waals surface area contributed by atoms with E-state index in [-0.39, 0.29) is 6.54 Å². The Morgan fingerprint density at radius 1 is 1.36 bits per heavy atom. The fourth-order valence-corrected chi connectivity index (χ4v) is 3.62. The molecule has 1 aliphatic heterocycles. The molecule has 1 aliphatic rings. The van der Waals surface area contributed by atoms with Gasteiger partial charge in [-0.25, -0.2) is 0 Å². The Kier molecular flexibility index (Phi) is 6.71. The third kappa shape index (κ3) is 3.83. The first kappa shape index (κ1) is 21.3. The topological polar surface area (TPSA) is 116 Å². The van der Waals surface area contributed by atoms with E-state index in [1.165, 1.54) is 13.2 Å². The molecule has 152 valence electrons. The maximum absolute atomic E-state index is 13.2. The Morgan fingerprint density at radius 3 is 2.64 bits per heavy atom. The average Bonchev–Trinajstić information content (AvgIpc) is 2.94. The number of hydrogen-bond acceptors (Lipinski definition) is 7. The molecule has 28 heavy (non-hydrogen) atoms. The van der Waals surface area contributed by atoms with Crippen molar-refractivity contribution in [3.63, 3.8) is 0 Å². The van der Waals surface area contributed by atoms with Crippen LogP contribution in [0.3, 0.4) is 0 Å². The number of benzene rings is 1. The minimum Gasteiger partial charge on any atom is -0.497 e. The third-order valence-corrected chi connectivity index (χ3v) is 5.07.